The number of rotatable bonds is 2. The molecule has 4 heteroatoms. The minimum atomic E-state index is -0.882. The molecule has 0 aliphatic rings. The van der Waals surface area contributed by atoms with Crippen LogP contribution < -0.4 is 0 Å². The number of hydrogen-bond donors (Lipinski definition) is 1. The van der Waals surface area contributed by atoms with Crippen LogP contribution in [0.4, 0.5) is 0 Å². The Morgan fingerprint density at radius 3 is 2.69 bits per heavy atom. The van der Waals surface area contributed by atoms with Gasteiger partial charge in [0.1, 0.15) is 0 Å². The molecule has 16 heavy (non-hydrogen) atoms. The molecule has 1 heterocycles. The van der Waals surface area contributed by atoms with Gasteiger partial charge in [-0.3, -0.25) is 0 Å². The normalized spacial score (nSPS) is 10.4. The number of carboxylic acid groups (broad SMARTS) is 1. The molecule has 82 valence electrons. The Morgan fingerprint density at radius 2 is 2.12 bits per heavy atom. The first-order valence-electron chi connectivity index (χ1n) is 4.67. The van der Waals surface area contributed by atoms with Crippen molar-refractivity contribution in [3.05, 3.63) is 45.2 Å². The first-order chi connectivity index (χ1) is 7.59. The molecule has 0 atom stereocenters. The predicted octanol–water partition coefficient (Wildman–Crippen LogP) is 4.18. The van der Waals surface area contributed by atoms with Crippen molar-refractivity contribution >= 4 is 33.2 Å². The SMILES string of the molecule is Cc1ccc(-c2sccc2Br)cc1C(=O)O. The van der Waals surface area contributed by atoms with Crippen LogP contribution in [0, 0.1) is 6.92 Å². The number of carbonyl (C=O) groups is 1. The Labute approximate surface area is 106 Å². The molecule has 0 amide bonds. The van der Waals surface area contributed by atoms with Crippen LogP contribution in [-0.2, 0) is 0 Å². The van der Waals surface area contributed by atoms with Gasteiger partial charge in [0, 0.05) is 9.35 Å². The minimum absolute atomic E-state index is 0.359. The molecule has 2 rings (SSSR count). The third kappa shape index (κ3) is 2.03. The maximum Gasteiger partial charge on any atom is 0.335 e. The monoisotopic (exact) mass is 296 g/mol. The average molecular weight is 297 g/mol. The first kappa shape index (κ1) is 11.4. The molecule has 0 fully saturated rings. The van der Waals surface area contributed by atoms with Crippen molar-refractivity contribution in [3.8, 4) is 10.4 Å². The highest BCUT2D eigenvalue weighted by atomic mass is 79.9. The van der Waals surface area contributed by atoms with Crippen LogP contribution in [0.25, 0.3) is 10.4 Å². The van der Waals surface area contributed by atoms with Crippen molar-refractivity contribution in [2.24, 2.45) is 0 Å². The van der Waals surface area contributed by atoms with E-state index in [1.807, 2.05) is 23.6 Å². The number of aromatic carboxylic acids is 1. The Hall–Kier alpha value is -1.13. The second-order valence-corrected chi connectivity index (χ2v) is 5.20. The molecule has 2 nitrogen and oxygen atoms in total. The van der Waals surface area contributed by atoms with E-state index in [1.165, 1.54) is 0 Å². The van der Waals surface area contributed by atoms with Gasteiger partial charge in [0.2, 0.25) is 0 Å². The summed E-state index contributed by atoms with van der Waals surface area (Å²) >= 11 is 5.04. The van der Waals surface area contributed by atoms with Crippen molar-refractivity contribution in [2.75, 3.05) is 0 Å². The summed E-state index contributed by atoms with van der Waals surface area (Å²) in [5, 5.41) is 11.0. The summed E-state index contributed by atoms with van der Waals surface area (Å²) in [6.45, 7) is 1.80. The summed E-state index contributed by atoms with van der Waals surface area (Å²) in [5.41, 5.74) is 2.08. The van der Waals surface area contributed by atoms with E-state index in [0.717, 1.165) is 20.5 Å². The van der Waals surface area contributed by atoms with Crippen molar-refractivity contribution in [2.45, 2.75) is 6.92 Å². The van der Waals surface area contributed by atoms with Gasteiger partial charge in [0.05, 0.1) is 5.56 Å². The average Bonchev–Trinajstić information content (AvgIpc) is 2.65. The summed E-state index contributed by atoms with van der Waals surface area (Å²) in [7, 11) is 0. The van der Waals surface area contributed by atoms with Crippen LogP contribution in [-0.4, -0.2) is 11.1 Å². The fourth-order valence-electron chi connectivity index (χ4n) is 1.49. The molecule has 2 aromatic rings. The van der Waals surface area contributed by atoms with Crippen molar-refractivity contribution < 1.29 is 9.90 Å². The zero-order valence-corrected chi connectivity index (χ0v) is 10.9. The summed E-state index contributed by atoms with van der Waals surface area (Å²) in [5.74, 6) is -0.882. The first-order valence-corrected chi connectivity index (χ1v) is 6.34. The zero-order chi connectivity index (χ0) is 11.7. The molecular weight excluding hydrogens is 288 g/mol. The quantitative estimate of drug-likeness (QED) is 0.902. The van der Waals surface area contributed by atoms with E-state index in [0.29, 0.717) is 5.56 Å². The van der Waals surface area contributed by atoms with Crippen LogP contribution in [0.5, 0.6) is 0 Å². The van der Waals surface area contributed by atoms with Gasteiger partial charge in [-0.1, -0.05) is 12.1 Å². The van der Waals surface area contributed by atoms with Gasteiger partial charge in [0.15, 0.2) is 0 Å². The minimum Gasteiger partial charge on any atom is -0.478 e. The van der Waals surface area contributed by atoms with Crippen LogP contribution >= 0.6 is 27.3 Å². The number of aryl methyl sites for hydroxylation is 1. The van der Waals surface area contributed by atoms with Gasteiger partial charge < -0.3 is 5.11 Å². The predicted molar refractivity (Wildman–Crippen MR) is 69.2 cm³/mol. The molecule has 0 unspecified atom stereocenters. The van der Waals surface area contributed by atoms with Crippen LogP contribution in [0.1, 0.15) is 15.9 Å². The molecule has 1 aromatic heterocycles. The van der Waals surface area contributed by atoms with Crippen LogP contribution in [0.3, 0.4) is 0 Å². The number of hydrogen-bond acceptors (Lipinski definition) is 2. The number of halogens is 1. The second kappa shape index (κ2) is 4.39. The van der Waals surface area contributed by atoms with Gasteiger partial charge in [-0.2, -0.15) is 0 Å². The molecular formula is C12H9BrO2S. The lowest BCUT2D eigenvalue weighted by Crippen LogP contribution is -1.99. The van der Waals surface area contributed by atoms with E-state index in [-0.39, 0.29) is 0 Å². The molecule has 0 spiro atoms. The summed E-state index contributed by atoms with van der Waals surface area (Å²) in [4.78, 5) is 12.1. The molecule has 0 bridgehead atoms. The summed E-state index contributed by atoms with van der Waals surface area (Å²) in [6, 6.07) is 7.46. The van der Waals surface area contributed by atoms with Crippen LogP contribution in [0.2, 0.25) is 0 Å². The molecule has 1 N–H and O–H groups in total. The summed E-state index contributed by atoms with van der Waals surface area (Å²) < 4.78 is 0.998. The Balaban J connectivity index is 2.56. The van der Waals surface area contributed by atoms with Gasteiger partial charge >= 0.3 is 5.97 Å². The van der Waals surface area contributed by atoms with E-state index < -0.39 is 5.97 Å². The smallest absolute Gasteiger partial charge is 0.335 e. The molecule has 0 saturated heterocycles. The largest absolute Gasteiger partial charge is 0.478 e. The number of carboxylic acids is 1. The van der Waals surface area contributed by atoms with E-state index in [4.69, 9.17) is 5.11 Å². The van der Waals surface area contributed by atoms with Crippen LogP contribution in [0.15, 0.2) is 34.1 Å². The van der Waals surface area contributed by atoms with E-state index >= 15 is 0 Å². The van der Waals surface area contributed by atoms with Gasteiger partial charge in [-0.25, -0.2) is 4.79 Å². The lowest BCUT2D eigenvalue weighted by atomic mass is 10.0. The van der Waals surface area contributed by atoms with Gasteiger partial charge in [-0.05, 0) is 51.5 Å². The highest BCUT2D eigenvalue weighted by Crippen LogP contribution is 2.34. The lowest BCUT2D eigenvalue weighted by Gasteiger charge is -2.04. The van der Waals surface area contributed by atoms with Gasteiger partial charge in [-0.15, -0.1) is 11.3 Å². The molecule has 1 aromatic carbocycles. The van der Waals surface area contributed by atoms with E-state index in [9.17, 15) is 4.79 Å². The second-order valence-electron chi connectivity index (χ2n) is 3.43. The maximum absolute atomic E-state index is 11.0. The molecule has 0 aliphatic heterocycles. The lowest BCUT2D eigenvalue weighted by molar-refractivity contribution is 0.0696. The maximum atomic E-state index is 11.0. The third-order valence-electron chi connectivity index (χ3n) is 2.35. The third-order valence-corrected chi connectivity index (χ3v) is 4.23. The van der Waals surface area contributed by atoms with Crippen molar-refractivity contribution in [1.82, 2.24) is 0 Å². The topological polar surface area (TPSA) is 37.3 Å². The van der Waals surface area contributed by atoms with Crippen molar-refractivity contribution in [3.63, 3.8) is 0 Å². The fourth-order valence-corrected chi connectivity index (χ4v) is 3.09. The van der Waals surface area contributed by atoms with E-state index in [1.54, 1.807) is 24.3 Å². The standard InChI is InChI=1S/C12H9BrO2S/c1-7-2-3-8(6-9(7)12(14)15)11-10(13)4-5-16-11/h2-6H,1H3,(H,14,15). The molecule has 0 aliphatic carbocycles. The number of benzene rings is 1. The molecule has 0 saturated carbocycles. The van der Waals surface area contributed by atoms with E-state index in [2.05, 4.69) is 15.9 Å². The molecule has 0 radical (unpaired) electrons. The number of thiophene rings is 1. The van der Waals surface area contributed by atoms with Gasteiger partial charge in [0.25, 0.3) is 0 Å². The highest BCUT2D eigenvalue weighted by molar-refractivity contribution is 9.10. The Kier molecular flexibility index (Phi) is 3.12. The Bertz CT molecular complexity index is 546. The summed E-state index contributed by atoms with van der Waals surface area (Å²) in [6.07, 6.45) is 0. The van der Waals surface area contributed by atoms with Crippen molar-refractivity contribution in [1.29, 1.82) is 0 Å². The fraction of sp³-hybridized carbons (Fsp3) is 0.0833. The highest BCUT2D eigenvalue weighted by Gasteiger charge is 2.11. The Morgan fingerprint density at radius 1 is 1.38 bits per heavy atom. The zero-order valence-electron chi connectivity index (χ0n) is 8.53.